The smallest absolute Gasteiger partial charge is 0.122 e. The number of hydrogen-bond donors (Lipinski definition) is 1. The second kappa shape index (κ2) is 7.81. The van der Waals surface area contributed by atoms with Gasteiger partial charge in [0.25, 0.3) is 0 Å². The van der Waals surface area contributed by atoms with E-state index >= 15 is 0 Å². The Morgan fingerprint density at radius 3 is 3.00 bits per heavy atom. The van der Waals surface area contributed by atoms with Crippen molar-refractivity contribution in [1.82, 2.24) is 10.2 Å². The first-order valence-corrected chi connectivity index (χ1v) is 7.86. The van der Waals surface area contributed by atoms with Crippen molar-refractivity contribution in [3.63, 3.8) is 0 Å². The molecule has 4 nitrogen and oxygen atoms in total. The number of hydrogen-bond acceptors (Lipinski definition) is 4. The summed E-state index contributed by atoms with van der Waals surface area (Å²) in [4.78, 5) is 2.53. The van der Waals surface area contributed by atoms with Gasteiger partial charge in [-0.3, -0.25) is 4.90 Å². The van der Waals surface area contributed by atoms with Crippen LogP contribution in [0.5, 0.6) is 0 Å². The summed E-state index contributed by atoms with van der Waals surface area (Å²) in [6.45, 7) is 11.2. The van der Waals surface area contributed by atoms with Gasteiger partial charge in [0.1, 0.15) is 5.76 Å². The Balaban J connectivity index is 1.95. The van der Waals surface area contributed by atoms with Crippen LogP contribution < -0.4 is 5.32 Å². The molecule has 2 unspecified atom stereocenters. The van der Waals surface area contributed by atoms with Gasteiger partial charge in [-0.1, -0.05) is 13.8 Å². The molecule has 1 aromatic rings. The van der Waals surface area contributed by atoms with Gasteiger partial charge in [0, 0.05) is 24.7 Å². The van der Waals surface area contributed by atoms with E-state index in [1.165, 1.54) is 5.56 Å². The van der Waals surface area contributed by atoms with Crippen molar-refractivity contribution < 1.29 is 9.15 Å². The third-order valence-electron chi connectivity index (χ3n) is 3.98. The molecule has 0 bridgehead atoms. The molecule has 0 aliphatic carbocycles. The lowest BCUT2D eigenvalue weighted by Gasteiger charge is -2.38. The SMILES string of the molecule is CCCNCc1occc1CN1CC(C)OCC1CC. The monoisotopic (exact) mass is 280 g/mol. The highest BCUT2D eigenvalue weighted by atomic mass is 16.5. The van der Waals surface area contributed by atoms with E-state index < -0.39 is 0 Å². The zero-order valence-corrected chi connectivity index (χ0v) is 13.0. The Kier molecular flexibility index (Phi) is 6.07. The summed E-state index contributed by atoms with van der Waals surface area (Å²) < 4.78 is 11.4. The van der Waals surface area contributed by atoms with E-state index in [4.69, 9.17) is 9.15 Å². The lowest BCUT2D eigenvalue weighted by atomic mass is 10.1. The third-order valence-corrected chi connectivity index (χ3v) is 3.98. The molecule has 1 N–H and O–H groups in total. The van der Waals surface area contributed by atoms with Gasteiger partial charge >= 0.3 is 0 Å². The van der Waals surface area contributed by atoms with E-state index in [9.17, 15) is 0 Å². The maximum absolute atomic E-state index is 5.76. The fourth-order valence-electron chi connectivity index (χ4n) is 2.74. The van der Waals surface area contributed by atoms with Gasteiger partial charge in [0.2, 0.25) is 0 Å². The van der Waals surface area contributed by atoms with Crippen molar-refractivity contribution in [2.24, 2.45) is 0 Å². The minimum atomic E-state index is 0.325. The lowest BCUT2D eigenvalue weighted by molar-refractivity contribution is -0.0593. The standard InChI is InChI=1S/C16H28N2O2/c1-4-7-17-9-16-14(6-8-19-16)11-18-10-13(3)20-12-15(18)5-2/h6,8,13,15,17H,4-5,7,9-12H2,1-3H3. The number of ether oxygens (including phenoxy) is 1. The Labute approximate surface area is 122 Å². The zero-order chi connectivity index (χ0) is 14.4. The van der Waals surface area contributed by atoms with Gasteiger partial charge < -0.3 is 14.5 Å². The molecule has 0 aromatic carbocycles. The maximum atomic E-state index is 5.76. The summed E-state index contributed by atoms with van der Waals surface area (Å²) in [5.41, 5.74) is 1.31. The normalized spacial score (nSPS) is 24.1. The van der Waals surface area contributed by atoms with Crippen LogP contribution in [0.1, 0.15) is 44.9 Å². The summed E-state index contributed by atoms with van der Waals surface area (Å²) in [6.07, 6.45) is 4.41. The van der Waals surface area contributed by atoms with Crippen LogP contribution in [0.25, 0.3) is 0 Å². The Morgan fingerprint density at radius 1 is 1.40 bits per heavy atom. The van der Waals surface area contributed by atoms with Crippen LogP contribution >= 0.6 is 0 Å². The van der Waals surface area contributed by atoms with Crippen LogP contribution in [0.2, 0.25) is 0 Å². The van der Waals surface area contributed by atoms with Crippen LogP contribution in [-0.2, 0) is 17.8 Å². The van der Waals surface area contributed by atoms with E-state index in [0.717, 1.165) is 51.4 Å². The van der Waals surface area contributed by atoms with E-state index in [-0.39, 0.29) is 0 Å². The fraction of sp³-hybridized carbons (Fsp3) is 0.750. The van der Waals surface area contributed by atoms with Gasteiger partial charge in [-0.15, -0.1) is 0 Å². The molecule has 0 spiro atoms. The molecule has 1 fully saturated rings. The quantitative estimate of drug-likeness (QED) is 0.779. The molecular formula is C16H28N2O2. The van der Waals surface area contributed by atoms with Gasteiger partial charge in [0.05, 0.1) is 25.5 Å². The van der Waals surface area contributed by atoms with E-state index in [0.29, 0.717) is 12.1 Å². The molecule has 1 aromatic heterocycles. The second-order valence-corrected chi connectivity index (χ2v) is 5.68. The van der Waals surface area contributed by atoms with Crippen LogP contribution in [-0.4, -0.2) is 36.7 Å². The second-order valence-electron chi connectivity index (χ2n) is 5.68. The number of morpholine rings is 1. The van der Waals surface area contributed by atoms with Gasteiger partial charge in [-0.2, -0.15) is 0 Å². The highest BCUT2D eigenvalue weighted by Crippen LogP contribution is 2.20. The fourth-order valence-corrected chi connectivity index (χ4v) is 2.74. The van der Waals surface area contributed by atoms with Gasteiger partial charge in [-0.25, -0.2) is 0 Å². The average molecular weight is 280 g/mol. The molecule has 1 saturated heterocycles. The van der Waals surface area contributed by atoms with Crippen molar-refractivity contribution in [3.8, 4) is 0 Å². The van der Waals surface area contributed by atoms with Crippen LogP contribution in [0.4, 0.5) is 0 Å². The third kappa shape index (κ3) is 4.08. The van der Waals surface area contributed by atoms with Crippen LogP contribution in [0.15, 0.2) is 16.7 Å². The highest BCUT2D eigenvalue weighted by Gasteiger charge is 2.26. The molecular weight excluding hydrogens is 252 g/mol. The van der Waals surface area contributed by atoms with Crippen molar-refractivity contribution >= 4 is 0 Å². The minimum Gasteiger partial charge on any atom is -0.468 e. The number of nitrogens with zero attached hydrogens (tertiary/aromatic N) is 1. The first-order valence-electron chi connectivity index (χ1n) is 7.86. The maximum Gasteiger partial charge on any atom is 0.122 e. The molecule has 2 rings (SSSR count). The lowest BCUT2D eigenvalue weighted by Crippen LogP contribution is -2.47. The topological polar surface area (TPSA) is 37.6 Å². The molecule has 2 atom stereocenters. The number of nitrogens with one attached hydrogen (secondary N) is 1. The van der Waals surface area contributed by atoms with Crippen LogP contribution in [0, 0.1) is 0 Å². The summed E-state index contributed by atoms with van der Waals surface area (Å²) in [5, 5.41) is 3.41. The Bertz CT molecular complexity index is 392. The number of furan rings is 1. The largest absolute Gasteiger partial charge is 0.468 e. The number of rotatable bonds is 7. The molecule has 0 amide bonds. The summed E-state index contributed by atoms with van der Waals surface area (Å²) >= 11 is 0. The molecule has 4 heteroatoms. The van der Waals surface area contributed by atoms with E-state index in [1.807, 2.05) is 6.26 Å². The van der Waals surface area contributed by atoms with Crippen molar-refractivity contribution in [1.29, 1.82) is 0 Å². The van der Waals surface area contributed by atoms with Crippen molar-refractivity contribution in [2.45, 2.75) is 58.8 Å². The molecule has 2 heterocycles. The summed E-state index contributed by atoms with van der Waals surface area (Å²) in [5.74, 6) is 1.08. The van der Waals surface area contributed by atoms with Crippen molar-refractivity contribution in [2.75, 3.05) is 19.7 Å². The first kappa shape index (κ1) is 15.5. The average Bonchev–Trinajstić information content (AvgIpc) is 2.87. The summed E-state index contributed by atoms with van der Waals surface area (Å²) in [6, 6.07) is 2.63. The highest BCUT2D eigenvalue weighted by molar-refractivity contribution is 5.17. The van der Waals surface area contributed by atoms with Gasteiger partial charge in [-0.05, 0) is 32.4 Å². The molecule has 1 aliphatic rings. The molecule has 20 heavy (non-hydrogen) atoms. The Hall–Kier alpha value is -0.840. The first-order chi connectivity index (χ1) is 9.74. The summed E-state index contributed by atoms with van der Waals surface area (Å²) in [7, 11) is 0. The molecule has 0 radical (unpaired) electrons. The zero-order valence-electron chi connectivity index (χ0n) is 13.0. The predicted molar refractivity (Wildman–Crippen MR) is 80.6 cm³/mol. The van der Waals surface area contributed by atoms with E-state index in [2.05, 4.69) is 37.1 Å². The molecule has 1 aliphatic heterocycles. The minimum absolute atomic E-state index is 0.325. The predicted octanol–water partition coefficient (Wildman–Crippen LogP) is 2.78. The van der Waals surface area contributed by atoms with Gasteiger partial charge in [0.15, 0.2) is 0 Å². The Morgan fingerprint density at radius 2 is 2.25 bits per heavy atom. The molecule has 0 saturated carbocycles. The molecule has 114 valence electrons. The van der Waals surface area contributed by atoms with E-state index in [1.54, 1.807) is 0 Å². The van der Waals surface area contributed by atoms with Crippen LogP contribution in [0.3, 0.4) is 0 Å². The van der Waals surface area contributed by atoms with Crippen molar-refractivity contribution in [3.05, 3.63) is 23.7 Å².